The van der Waals surface area contributed by atoms with E-state index in [1.807, 2.05) is 6.07 Å². The van der Waals surface area contributed by atoms with Gasteiger partial charge in [-0.15, -0.1) is 22.9 Å². The Bertz CT molecular complexity index is 361. The van der Waals surface area contributed by atoms with Crippen LogP contribution in [-0.4, -0.2) is 5.88 Å². The summed E-state index contributed by atoms with van der Waals surface area (Å²) in [5, 5.41) is 0. The van der Waals surface area contributed by atoms with Crippen molar-refractivity contribution in [2.75, 3.05) is 5.88 Å². The Hall–Kier alpha value is 0.280. The van der Waals surface area contributed by atoms with Gasteiger partial charge in [-0.05, 0) is 55.1 Å². The van der Waals surface area contributed by atoms with Gasteiger partial charge in [0.1, 0.15) is 0 Å². The van der Waals surface area contributed by atoms with Gasteiger partial charge >= 0.3 is 0 Å². The molecule has 0 aromatic carbocycles. The molecule has 3 rings (SSSR count). The molecule has 0 nitrogen and oxygen atoms in total. The van der Waals surface area contributed by atoms with Crippen LogP contribution in [0, 0.1) is 17.3 Å². The zero-order valence-corrected chi connectivity index (χ0v) is 10.8. The van der Waals surface area contributed by atoms with Crippen molar-refractivity contribution in [2.24, 2.45) is 17.3 Å². The number of hydrogen-bond acceptors (Lipinski definition) is 1. The Morgan fingerprint density at radius 1 is 1.33 bits per heavy atom. The molecule has 2 aliphatic rings. The first-order valence-electron chi connectivity index (χ1n) is 5.51. The third-order valence-corrected chi connectivity index (χ3v) is 5.72. The van der Waals surface area contributed by atoms with E-state index in [1.165, 1.54) is 24.1 Å². The number of hydrogen-bond donors (Lipinski definition) is 0. The van der Waals surface area contributed by atoms with Crippen LogP contribution >= 0.6 is 34.5 Å². The maximum Gasteiger partial charge on any atom is 0.0931 e. The van der Waals surface area contributed by atoms with Gasteiger partial charge in [-0.2, -0.15) is 0 Å². The number of rotatable bonds is 3. The highest BCUT2D eigenvalue weighted by Gasteiger charge is 2.53. The normalized spacial score (nSPS) is 38.0. The Balaban J connectivity index is 1.75. The zero-order chi connectivity index (χ0) is 10.5. The van der Waals surface area contributed by atoms with Gasteiger partial charge in [0.2, 0.25) is 0 Å². The first-order chi connectivity index (χ1) is 7.21. The molecule has 2 saturated carbocycles. The molecule has 0 spiro atoms. The average molecular weight is 261 g/mol. The van der Waals surface area contributed by atoms with Gasteiger partial charge in [0.15, 0.2) is 0 Å². The van der Waals surface area contributed by atoms with E-state index in [9.17, 15) is 0 Å². The SMILES string of the molecule is ClCC1(Cc2ccc(Cl)s2)CC2CC2C1. The van der Waals surface area contributed by atoms with E-state index in [0.717, 1.165) is 28.5 Å². The number of thiophene rings is 1. The van der Waals surface area contributed by atoms with Crippen molar-refractivity contribution in [3.63, 3.8) is 0 Å². The summed E-state index contributed by atoms with van der Waals surface area (Å²) in [5.41, 5.74) is 0.392. The molecule has 0 saturated heterocycles. The highest BCUT2D eigenvalue weighted by atomic mass is 35.5. The molecule has 0 aliphatic heterocycles. The van der Waals surface area contributed by atoms with E-state index in [2.05, 4.69) is 6.07 Å². The van der Waals surface area contributed by atoms with Crippen LogP contribution in [0.4, 0.5) is 0 Å². The first-order valence-corrected chi connectivity index (χ1v) is 7.24. The summed E-state index contributed by atoms with van der Waals surface area (Å²) in [5.74, 6) is 2.81. The van der Waals surface area contributed by atoms with E-state index in [0.29, 0.717) is 5.41 Å². The van der Waals surface area contributed by atoms with Crippen LogP contribution in [0.25, 0.3) is 0 Å². The maximum absolute atomic E-state index is 6.18. The molecule has 1 heterocycles. The smallest absolute Gasteiger partial charge is 0.0931 e. The second-order valence-electron chi connectivity index (χ2n) is 5.18. The van der Waals surface area contributed by atoms with E-state index in [4.69, 9.17) is 23.2 Å². The monoisotopic (exact) mass is 260 g/mol. The Kier molecular flexibility index (Phi) is 2.54. The molecule has 82 valence electrons. The van der Waals surface area contributed by atoms with Crippen LogP contribution in [0.2, 0.25) is 4.34 Å². The van der Waals surface area contributed by atoms with E-state index in [1.54, 1.807) is 11.3 Å². The van der Waals surface area contributed by atoms with Gasteiger partial charge < -0.3 is 0 Å². The molecule has 0 amide bonds. The van der Waals surface area contributed by atoms with Crippen LogP contribution in [0.5, 0.6) is 0 Å². The second-order valence-corrected chi connectivity index (χ2v) is 7.25. The minimum Gasteiger partial charge on any atom is -0.128 e. The molecule has 0 bridgehead atoms. The highest BCUT2D eigenvalue weighted by Crippen LogP contribution is 2.61. The molecule has 0 N–H and O–H groups in total. The predicted octanol–water partition coefficient (Wildman–Crippen LogP) is 4.60. The molecule has 3 heteroatoms. The standard InChI is InChI=1S/C12H14Cl2S/c13-7-12(4-8-3-9(8)5-12)6-10-1-2-11(14)15-10/h1-2,8-9H,3-7H2. The molecule has 1 aromatic heterocycles. The van der Waals surface area contributed by atoms with E-state index >= 15 is 0 Å². The fraction of sp³-hybridized carbons (Fsp3) is 0.667. The molecule has 0 radical (unpaired) electrons. The van der Waals surface area contributed by atoms with Crippen molar-refractivity contribution in [1.29, 1.82) is 0 Å². The summed E-state index contributed by atoms with van der Waals surface area (Å²) in [7, 11) is 0. The summed E-state index contributed by atoms with van der Waals surface area (Å²) >= 11 is 13.8. The average Bonchev–Trinajstić information content (AvgIpc) is 2.65. The molecule has 2 fully saturated rings. The minimum atomic E-state index is 0.392. The third-order valence-electron chi connectivity index (χ3n) is 3.92. The lowest BCUT2D eigenvalue weighted by Gasteiger charge is -2.27. The van der Waals surface area contributed by atoms with Crippen molar-refractivity contribution in [3.8, 4) is 0 Å². The topological polar surface area (TPSA) is 0 Å². The summed E-state index contributed by atoms with van der Waals surface area (Å²) < 4.78 is 0.901. The van der Waals surface area contributed by atoms with Crippen molar-refractivity contribution in [3.05, 3.63) is 21.3 Å². The Morgan fingerprint density at radius 2 is 2.07 bits per heavy atom. The van der Waals surface area contributed by atoms with Gasteiger partial charge in [0.05, 0.1) is 4.34 Å². The summed E-state index contributed by atoms with van der Waals surface area (Å²) in [6, 6.07) is 4.16. The van der Waals surface area contributed by atoms with Crippen LogP contribution in [0.15, 0.2) is 12.1 Å². The largest absolute Gasteiger partial charge is 0.128 e. The van der Waals surface area contributed by atoms with Crippen molar-refractivity contribution in [2.45, 2.75) is 25.7 Å². The lowest BCUT2D eigenvalue weighted by molar-refractivity contribution is 0.305. The third kappa shape index (κ3) is 1.94. The summed E-state index contributed by atoms with van der Waals surface area (Å²) in [6.45, 7) is 0. The van der Waals surface area contributed by atoms with Crippen LogP contribution < -0.4 is 0 Å². The number of halogens is 2. The molecular weight excluding hydrogens is 247 g/mol. The van der Waals surface area contributed by atoms with E-state index < -0.39 is 0 Å². The lowest BCUT2D eigenvalue weighted by atomic mass is 9.81. The fourth-order valence-electron chi connectivity index (χ4n) is 3.12. The van der Waals surface area contributed by atoms with Crippen molar-refractivity contribution >= 4 is 34.5 Å². The summed E-state index contributed by atoms with van der Waals surface area (Å²) in [6.07, 6.45) is 5.29. The maximum atomic E-state index is 6.18. The molecule has 15 heavy (non-hydrogen) atoms. The van der Waals surface area contributed by atoms with Crippen LogP contribution in [0.3, 0.4) is 0 Å². The van der Waals surface area contributed by atoms with Gasteiger partial charge in [-0.3, -0.25) is 0 Å². The highest BCUT2D eigenvalue weighted by molar-refractivity contribution is 7.16. The molecule has 2 aliphatic carbocycles. The van der Waals surface area contributed by atoms with Gasteiger partial charge in [0, 0.05) is 10.8 Å². The second kappa shape index (κ2) is 3.65. The number of fused-ring (bicyclic) bond motifs is 1. The Labute approximate surface area is 105 Å². The van der Waals surface area contributed by atoms with Gasteiger partial charge in [-0.1, -0.05) is 11.6 Å². The van der Waals surface area contributed by atoms with Crippen LogP contribution in [0.1, 0.15) is 24.1 Å². The quantitative estimate of drug-likeness (QED) is 0.697. The Morgan fingerprint density at radius 3 is 2.60 bits per heavy atom. The summed E-state index contributed by atoms with van der Waals surface area (Å²) in [4.78, 5) is 1.40. The minimum absolute atomic E-state index is 0.392. The lowest BCUT2D eigenvalue weighted by Crippen LogP contribution is -2.23. The van der Waals surface area contributed by atoms with Crippen molar-refractivity contribution in [1.82, 2.24) is 0 Å². The number of alkyl halides is 1. The fourth-order valence-corrected chi connectivity index (χ4v) is 4.70. The molecule has 2 atom stereocenters. The molecule has 2 unspecified atom stereocenters. The zero-order valence-electron chi connectivity index (χ0n) is 8.51. The van der Waals surface area contributed by atoms with Crippen LogP contribution in [-0.2, 0) is 6.42 Å². The van der Waals surface area contributed by atoms with Gasteiger partial charge in [0.25, 0.3) is 0 Å². The first kappa shape index (κ1) is 10.4. The van der Waals surface area contributed by atoms with Crippen molar-refractivity contribution < 1.29 is 0 Å². The van der Waals surface area contributed by atoms with Gasteiger partial charge in [-0.25, -0.2) is 0 Å². The van der Waals surface area contributed by atoms with E-state index in [-0.39, 0.29) is 0 Å². The predicted molar refractivity (Wildman–Crippen MR) is 67.0 cm³/mol. The molecule has 1 aromatic rings. The molecular formula is C12H14Cl2S.